The third-order valence-electron chi connectivity index (χ3n) is 3.42. The molecule has 16 heavy (non-hydrogen) atoms. The van der Waals surface area contributed by atoms with Crippen LogP contribution in [0.5, 0.6) is 0 Å². The van der Waals surface area contributed by atoms with E-state index < -0.39 is 0 Å². The van der Waals surface area contributed by atoms with Gasteiger partial charge in [-0.3, -0.25) is 0 Å². The first-order valence-corrected chi connectivity index (χ1v) is 7.88. The smallest absolute Gasteiger partial charge is 0.0624 e. The number of hydrogen-bond acceptors (Lipinski definition) is 3. The SMILES string of the molecule is CCCCCSCC(CO)(NCC)C1CC1. The first-order valence-electron chi connectivity index (χ1n) is 6.72. The van der Waals surface area contributed by atoms with Crippen molar-refractivity contribution < 1.29 is 5.11 Å². The Hall–Kier alpha value is 0.270. The fraction of sp³-hybridized carbons (Fsp3) is 1.00. The Morgan fingerprint density at radius 2 is 2.06 bits per heavy atom. The zero-order chi connectivity index (χ0) is 11.9. The second kappa shape index (κ2) is 7.57. The van der Waals surface area contributed by atoms with Crippen molar-refractivity contribution in [2.24, 2.45) is 5.92 Å². The van der Waals surface area contributed by atoms with Crippen molar-refractivity contribution in [3.63, 3.8) is 0 Å². The van der Waals surface area contributed by atoms with Crippen LogP contribution in [-0.2, 0) is 0 Å². The Labute approximate surface area is 105 Å². The second-order valence-electron chi connectivity index (χ2n) is 4.88. The van der Waals surface area contributed by atoms with Crippen LogP contribution in [0.1, 0.15) is 46.0 Å². The maximum absolute atomic E-state index is 9.64. The topological polar surface area (TPSA) is 32.3 Å². The monoisotopic (exact) mass is 245 g/mol. The number of aliphatic hydroxyl groups excluding tert-OH is 1. The van der Waals surface area contributed by atoms with Crippen molar-refractivity contribution in [1.82, 2.24) is 5.32 Å². The van der Waals surface area contributed by atoms with Crippen LogP contribution >= 0.6 is 11.8 Å². The average molecular weight is 245 g/mol. The molecule has 0 heterocycles. The van der Waals surface area contributed by atoms with Gasteiger partial charge in [0.15, 0.2) is 0 Å². The Bertz CT molecular complexity index is 185. The molecule has 1 saturated carbocycles. The van der Waals surface area contributed by atoms with Gasteiger partial charge in [0.1, 0.15) is 0 Å². The van der Waals surface area contributed by atoms with Crippen LogP contribution in [0.25, 0.3) is 0 Å². The van der Waals surface area contributed by atoms with Crippen molar-refractivity contribution >= 4 is 11.8 Å². The van der Waals surface area contributed by atoms with E-state index in [2.05, 4.69) is 19.2 Å². The van der Waals surface area contributed by atoms with Gasteiger partial charge in [0.25, 0.3) is 0 Å². The molecule has 96 valence electrons. The Morgan fingerprint density at radius 3 is 2.56 bits per heavy atom. The molecule has 0 spiro atoms. The third-order valence-corrected chi connectivity index (χ3v) is 4.72. The van der Waals surface area contributed by atoms with E-state index in [0.29, 0.717) is 6.61 Å². The van der Waals surface area contributed by atoms with Gasteiger partial charge in [-0.25, -0.2) is 0 Å². The summed E-state index contributed by atoms with van der Waals surface area (Å²) < 4.78 is 0. The maximum atomic E-state index is 9.64. The van der Waals surface area contributed by atoms with Crippen LogP contribution in [0.4, 0.5) is 0 Å². The molecule has 1 fully saturated rings. The van der Waals surface area contributed by atoms with Crippen LogP contribution in [0.3, 0.4) is 0 Å². The summed E-state index contributed by atoms with van der Waals surface area (Å²) in [5, 5.41) is 13.2. The lowest BCUT2D eigenvalue weighted by Crippen LogP contribution is -2.52. The molecule has 0 amide bonds. The predicted molar refractivity (Wildman–Crippen MR) is 73.1 cm³/mol. The molecule has 1 unspecified atom stereocenters. The third kappa shape index (κ3) is 4.27. The van der Waals surface area contributed by atoms with E-state index in [4.69, 9.17) is 0 Å². The summed E-state index contributed by atoms with van der Waals surface area (Å²) in [5.74, 6) is 3.04. The molecule has 0 saturated heterocycles. The summed E-state index contributed by atoms with van der Waals surface area (Å²) >= 11 is 2.01. The zero-order valence-electron chi connectivity index (χ0n) is 10.8. The Balaban J connectivity index is 2.26. The molecule has 0 radical (unpaired) electrons. The van der Waals surface area contributed by atoms with Gasteiger partial charge in [0, 0.05) is 5.75 Å². The van der Waals surface area contributed by atoms with Crippen LogP contribution in [0.2, 0.25) is 0 Å². The zero-order valence-corrected chi connectivity index (χ0v) is 11.6. The quantitative estimate of drug-likeness (QED) is 0.580. The van der Waals surface area contributed by atoms with Gasteiger partial charge in [0.2, 0.25) is 0 Å². The molecule has 0 aromatic heterocycles. The highest BCUT2D eigenvalue weighted by Crippen LogP contribution is 2.41. The number of rotatable bonds is 10. The van der Waals surface area contributed by atoms with Crippen LogP contribution in [0.15, 0.2) is 0 Å². The molecule has 0 bridgehead atoms. The highest BCUT2D eigenvalue weighted by atomic mass is 32.2. The fourth-order valence-corrected chi connectivity index (χ4v) is 3.59. The molecule has 2 N–H and O–H groups in total. The van der Waals surface area contributed by atoms with Gasteiger partial charge in [-0.15, -0.1) is 0 Å². The lowest BCUT2D eigenvalue weighted by Gasteiger charge is -2.33. The number of nitrogens with one attached hydrogen (secondary N) is 1. The van der Waals surface area contributed by atoms with E-state index in [-0.39, 0.29) is 5.54 Å². The number of aliphatic hydroxyl groups is 1. The van der Waals surface area contributed by atoms with E-state index in [1.165, 1.54) is 37.9 Å². The minimum atomic E-state index is 0.0195. The molecular formula is C13H27NOS. The lowest BCUT2D eigenvalue weighted by molar-refractivity contribution is 0.161. The van der Waals surface area contributed by atoms with Gasteiger partial charge >= 0.3 is 0 Å². The number of hydrogen-bond donors (Lipinski definition) is 2. The highest BCUT2D eigenvalue weighted by molar-refractivity contribution is 7.99. The molecule has 1 aliphatic carbocycles. The highest BCUT2D eigenvalue weighted by Gasteiger charge is 2.43. The summed E-state index contributed by atoms with van der Waals surface area (Å²) in [5.41, 5.74) is 0.0195. The largest absolute Gasteiger partial charge is 0.394 e. The van der Waals surface area contributed by atoms with Gasteiger partial charge < -0.3 is 10.4 Å². The second-order valence-corrected chi connectivity index (χ2v) is 5.98. The molecular weight excluding hydrogens is 218 g/mol. The summed E-state index contributed by atoms with van der Waals surface area (Å²) in [6.07, 6.45) is 6.54. The summed E-state index contributed by atoms with van der Waals surface area (Å²) in [6.45, 7) is 5.64. The van der Waals surface area contributed by atoms with Crippen molar-refractivity contribution in [3.05, 3.63) is 0 Å². The molecule has 1 rings (SSSR count). The summed E-state index contributed by atoms with van der Waals surface area (Å²) in [4.78, 5) is 0. The van der Waals surface area contributed by atoms with Gasteiger partial charge in [-0.05, 0) is 37.5 Å². The minimum Gasteiger partial charge on any atom is -0.394 e. The van der Waals surface area contributed by atoms with Crippen LogP contribution < -0.4 is 5.32 Å². The van der Waals surface area contributed by atoms with Gasteiger partial charge in [0.05, 0.1) is 12.1 Å². The van der Waals surface area contributed by atoms with Crippen LogP contribution in [0, 0.1) is 5.92 Å². The molecule has 1 aliphatic rings. The van der Waals surface area contributed by atoms with E-state index in [0.717, 1.165) is 18.2 Å². The van der Waals surface area contributed by atoms with Crippen LogP contribution in [-0.4, -0.2) is 35.3 Å². The molecule has 0 aliphatic heterocycles. The van der Waals surface area contributed by atoms with Gasteiger partial charge in [-0.2, -0.15) is 11.8 Å². The van der Waals surface area contributed by atoms with E-state index in [1.807, 2.05) is 11.8 Å². The van der Waals surface area contributed by atoms with E-state index in [1.54, 1.807) is 0 Å². The predicted octanol–water partition coefficient (Wildman–Crippen LogP) is 2.66. The molecule has 2 nitrogen and oxygen atoms in total. The Kier molecular flexibility index (Phi) is 6.78. The first-order chi connectivity index (χ1) is 7.79. The summed E-state index contributed by atoms with van der Waals surface area (Å²) in [7, 11) is 0. The first kappa shape index (κ1) is 14.3. The molecule has 0 aromatic carbocycles. The molecule has 1 atom stereocenters. The van der Waals surface area contributed by atoms with Crippen molar-refractivity contribution in [2.75, 3.05) is 24.7 Å². The van der Waals surface area contributed by atoms with E-state index >= 15 is 0 Å². The van der Waals surface area contributed by atoms with Crippen molar-refractivity contribution in [3.8, 4) is 0 Å². The fourth-order valence-electron chi connectivity index (χ4n) is 2.24. The minimum absolute atomic E-state index is 0.0195. The van der Waals surface area contributed by atoms with Crippen molar-refractivity contribution in [2.45, 2.75) is 51.5 Å². The van der Waals surface area contributed by atoms with Crippen molar-refractivity contribution in [1.29, 1.82) is 0 Å². The summed E-state index contributed by atoms with van der Waals surface area (Å²) in [6, 6.07) is 0. The molecule has 3 heteroatoms. The Morgan fingerprint density at radius 1 is 1.31 bits per heavy atom. The lowest BCUT2D eigenvalue weighted by atomic mass is 9.97. The molecule has 0 aromatic rings. The standard InChI is InChI=1S/C13H27NOS/c1-3-5-6-9-16-11-13(10-15,14-4-2)12-7-8-12/h12,14-15H,3-11H2,1-2H3. The van der Waals surface area contributed by atoms with E-state index in [9.17, 15) is 5.11 Å². The normalized spacial score (nSPS) is 19.7. The average Bonchev–Trinajstić information content (AvgIpc) is 3.11. The maximum Gasteiger partial charge on any atom is 0.0624 e. The number of likely N-dealkylation sites (N-methyl/N-ethyl adjacent to an activating group) is 1. The number of thioether (sulfide) groups is 1. The number of unbranched alkanes of at least 4 members (excludes halogenated alkanes) is 2. The van der Waals surface area contributed by atoms with Gasteiger partial charge in [-0.1, -0.05) is 26.7 Å².